The molecule has 1 aliphatic rings. The molecule has 1 atom stereocenters. The van der Waals surface area contributed by atoms with Crippen molar-refractivity contribution in [3.63, 3.8) is 0 Å². The van der Waals surface area contributed by atoms with Gasteiger partial charge in [-0.05, 0) is 25.7 Å². The van der Waals surface area contributed by atoms with E-state index >= 15 is 0 Å². The zero-order valence-electron chi connectivity index (χ0n) is 15.6. The van der Waals surface area contributed by atoms with Crippen LogP contribution in [0.2, 0.25) is 0 Å². The van der Waals surface area contributed by atoms with Crippen LogP contribution in [0.3, 0.4) is 0 Å². The third-order valence-electron chi connectivity index (χ3n) is 4.41. The number of anilines is 1. The lowest BCUT2D eigenvalue weighted by molar-refractivity contribution is -0.146. The van der Waals surface area contributed by atoms with Gasteiger partial charge in [0.15, 0.2) is 10.9 Å². The van der Waals surface area contributed by atoms with Crippen LogP contribution in [-0.4, -0.2) is 46.5 Å². The predicted octanol–water partition coefficient (Wildman–Crippen LogP) is 3.08. The molecular formula is C17H28N4O3S2. The number of hydrogen-bond acceptors (Lipinski definition) is 8. The van der Waals surface area contributed by atoms with E-state index in [-0.39, 0.29) is 24.3 Å². The van der Waals surface area contributed by atoms with Gasteiger partial charge in [-0.3, -0.25) is 9.59 Å². The van der Waals surface area contributed by atoms with Gasteiger partial charge in [-0.2, -0.15) is 0 Å². The van der Waals surface area contributed by atoms with Gasteiger partial charge in [-0.15, -0.1) is 10.2 Å². The Morgan fingerprint density at radius 1 is 1.23 bits per heavy atom. The van der Waals surface area contributed by atoms with Gasteiger partial charge >= 0.3 is 5.97 Å². The minimum absolute atomic E-state index is 0.0482. The molecule has 1 aromatic rings. The van der Waals surface area contributed by atoms with Gasteiger partial charge < -0.3 is 15.4 Å². The van der Waals surface area contributed by atoms with Crippen LogP contribution in [0.15, 0.2) is 4.34 Å². The number of carbonyl (C=O) groups excluding carboxylic acids is 2. The van der Waals surface area contributed by atoms with E-state index in [9.17, 15) is 9.59 Å². The second-order valence-electron chi connectivity index (χ2n) is 6.90. The van der Waals surface area contributed by atoms with E-state index in [1.807, 2.05) is 20.8 Å². The second-order valence-corrected chi connectivity index (χ2v) is 9.10. The highest BCUT2D eigenvalue weighted by Gasteiger charge is 2.16. The number of esters is 1. The van der Waals surface area contributed by atoms with Gasteiger partial charge in [0.05, 0.1) is 5.75 Å². The average Bonchev–Trinajstić information content (AvgIpc) is 3.06. The molecular weight excluding hydrogens is 372 g/mol. The van der Waals surface area contributed by atoms with Crippen LogP contribution in [0.5, 0.6) is 0 Å². The molecule has 1 aliphatic carbocycles. The first-order valence-corrected chi connectivity index (χ1v) is 10.9. The van der Waals surface area contributed by atoms with Crippen LogP contribution in [0, 0.1) is 5.92 Å². The van der Waals surface area contributed by atoms with Crippen LogP contribution in [0.1, 0.15) is 52.9 Å². The summed E-state index contributed by atoms with van der Waals surface area (Å²) in [6.07, 6.45) is 6.17. The topological polar surface area (TPSA) is 93.2 Å². The smallest absolute Gasteiger partial charge is 0.316 e. The van der Waals surface area contributed by atoms with E-state index in [4.69, 9.17) is 4.74 Å². The zero-order chi connectivity index (χ0) is 18.9. The molecule has 0 radical (unpaired) electrons. The fraction of sp³-hybridized carbons (Fsp3) is 0.765. The van der Waals surface area contributed by atoms with Crippen molar-refractivity contribution in [1.82, 2.24) is 15.5 Å². The summed E-state index contributed by atoms with van der Waals surface area (Å²) in [5.41, 5.74) is 0. The van der Waals surface area contributed by atoms with Crippen molar-refractivity contribution >= 4 is 40.1 Å². The maximum absolute atomic E-state index is 11.8. The summed E-state index contributed by atoms with van der Waals surface area (Å²) >= 11 is 2.73. The second kappa shape index (κ2) is 10.7. The lowest BCUT2D eigenvalue weighted by atomic mass is 9.96. The molecule has 0 bridgehead atoms. The number of nitrogens with one attached hydrogen (secondary N) is 2. The summed E-state index contributed by atoms with van der Waals surface area (Å²) in [5.74, 6) is -0.261. The molecule has 26 heavy (non-hydrogen) atoms. The molecule has 1 fully saturated rings. The third kappa shape index (κ3) is 7.49. The SMILES string of the molecule is CC(C)[C@@H](C)NC(=O)COC(=O)CSc1nnc(NC2CCCCC2)s1. The summed E-state index contributed by atoms with van der Waals surface area (Å²) in [4.78, 5) is 23.5. The van der Waals surface area contributed by atoms with E-state index in [2.05, 4.69) is 20.8 Å². The van der Waals surface area contributed by atoms with Crippen LogP contribution in [0.25, 0.3) is 0 Å². The first-order valence-electron chi connectivity index (χ1n) is 9.12. The summed E-state index contributed by atoms with van der Waals surface area (Å²) in [7, 11) is 0. The number of aromatic nitrogens is 2. The highest BCUT2D eigenvalue weighted by atomic mass is 32.2. The number of hydrogen-bond donors (Lipinski definition) is 2. The van der Waals surface area contributed by atoms with Crippen molar-refractivity contribution in [3.05, 3.63) is 0 Å². The van der Waals surface area contributed by atoms with Gasteiger partial charge in [0.1, 0.15) is 0 Å². The van der Waals surface area contributed by atoms with Gasteiger partial charge in [-0.1, -0.05) is 56.2 Å². The molecule has 7 nitrogen and oxygen atoms in total. The number of nitrogens with zero attached hydrogens (tertiary/aromatic N) is 2. The Labute approximate surface area is 163 Å². The van der Waals surface area contributed by atoms with E-state index in [0.29, 0.717) is 12.0 Å². The Balaban J connectivity index is 1.65. The molecule has 0 aromatic carbocycles. The molecule has 2 N–H and O–H groups in total. The van der Waals surface area contributed by atoms with E-state index in [0.717, 1.165) is 9.47 Å². The van der Waals surface area contributed by atoms with Crippen molar-refractivity contribution in [1.29, 1.82) is 0 Å². The lowest BCUT2D eigenvalue weighted by Gasteiger charge is -2.21. The molecule has 1 amide bonds. The first kappa shape index (κ1) is 21.0. The van der Waals surface area contributed by atoms with Gasteiger partial charge in [-0.25, -0.2) is 0 Å². The lowest BCUT2D eigenvalue weighted by Crippen LogP contribution is -2.38. The number of ether oxygens (including phenoxy) is 1. The molecule has 2 rings (SSSR count). The normalized spacial score (nSPS) is 16.3. The maximum Gasteiger partial charge on any atom is 0.316 e. The Morgan fingerprint density at radius 3 is 2.65 bits per heavy atom. The molecule has 0 spiro atoms. The Morgan fingerprint density at radius 2 is 1.96 bits per heavy atom. The van der Waals surface area contributed by atoms with Crippen molar-refractivity contribution in [2.45, 2.75) is 69.3 Å². The number of amides is 1. The summed E-state index contributed by atoms with van der Waals surface area (Å²) in [6, 6.07) is 0.526. The standard InChI is InChI=1S/C17H28N4O3S2/c1-11(2)12(3)18-14(22)9-24-15(23)10-25-17-21-20-16(26-17)19-13-7-5-4-6-8-13/h11-13H,4-10H2,1-3H3,(H,18,22)(H,19,20)/t12-/m1/s1. The largest absolute Gasteiger partial charge is 0.455 e. The monoisotopic (exact) mass is 400 g/mol. The maximum atomic E-state index is 11.8. The predicted molar refractivity (Wildman–Crippen MR) is 105 cm³/mol. The quantitative estimate of drug-likeness (QED) is 0.486. The molecule has 0 aliphatic heterocycles. The van der Waals surface area contributed by atoms with E-state index in [1.165, 1.54) is 55.2 Å². The van der Waals surface area contributed by atoms with Gasteiger partial charge in [0.2, 0.25) is 5.13 Å². The highest BCUT2D eigenvalue weighted by Crippen LogP contribution is 2.28. The Bertz CT molecular complexity index is 588. The van der Waals surface area contributed by atoms with Crippen LogP contribution >= 0.6 is 23.1 Å². The van der Waals surface area contributed by atoms with Crippen molar-refractivity contribution in [2.75, 3.05) is 17.7 Å². The molecule has 0 saturated heterocycles. The average molecular weight is 401 g/mol. The molecule has 1 heterocycles. The minimum atomic E-state index is -0.431. The Kier molecular flexibility index (Phi) is 8.64. The molecule has 9 heteroatoms. The molecule has 1 aromatic heterocycles. The van der Waals surface area contributed by atoms with Crippen LogP contribution in [0.4, 0.5) is 5.13 Å². The van der Waals surface area contributed by atoms with Crippen LogP contribution < -0.4 is 10.6 Å². The number of carbonyl (C=O) groups is 2. The van der Waals surface area contributed by atoms with E-state index < -0.39 is 5.97 Å². The van der Waals surface area contributed by atoms with Gasteiger partial charge in [0, 0.05) is 12.1 Å². The van der Waals surface area contributed by atoms with Crippen molar-refractivity contribution in [3.8, 4) is 0 Å². The zero-order valence-corrected chi connectivity index (χ0v) is 17.3. The fourth-order valence-corrected chi connectivity index (χ4v) is 4.15. The summed E-state index contributed by atoms with van der Waals surface area (Å²) in [6.45, 7) is 5.72. The molecule has 146 valence electrons. The minimum Gasteiger partial charge on any atom is -0.455 e. The summed E-state index contributed by atoms with van der Waals surface area (Å²) in [5, 5.41) is 15.2. The number of rotatable bonds is 9. The number of thioether (sulfide) groups is 1. The Hall–Kier alpha value is -1.35. The van der Waals surface area contributed by atoms with Crippen LogP contribution in [-0.2, 0) is 14.3 Å². The molecule has 0 unspecified atom stereocenters. The molecule has 1 saturated carbocycles. The van der Waals surface area contributed by atoms with E-state index in [1.54, 1.807) is 0 Å². The fourth-order valence-electron chi connectivity index (χ4n) is 2.52. The van der Waals surface area contributed by atoms with Crippen molar-refractivity contribution in [2.24, 2.45) is 5.92 Å². The van der Waals surface area contributed by atoms with Gasteiger partial charge in [0.25, 0.3) is 5.91 Å². The highest BCUT2D eigenvalue weighted by molar-refractivity contribution is 8.01. The summed E-state index contributed by atoms with van der Waals surface area (Å²) < 4.78 is 5.72. The first-order chi connectivity index (χ1) is 12.4. The third-order valence-corrected chi connectivity index (χ3v) is 6.37. The van der Waals surface area contributed by atoms with Crippen molar-refractivity contribution < 1.29 is 14.3 Å².